The summed E-state index contributed by atoms with van der Waals surface area (Å²) in [6, 6.07) is 4.88. The van der Waals surface area contributed by atoms with Gasteiger partial charge in [-0.15, -0.1) is 0 Å². The van der Waals surface area contributed by atoms with Gasteiger partial charge >= 0.3 is 0 Å². The minimum absolute atomic E-state index is 0.117. The summed E-state index contributed by atoms with van der Waals surface area (Å²) in [6.07, 6.45) is 6.89. The molecule has 1 aromatic rings. The molecular weight excluding hydrogens is 482 g/mol. The molecule has 9 nitrogen and oxygen atoms in total. The Bertz CT molecular complexity index is 943. The third-order valence-corrected chi connectivity index (χ3v) is 7.64. The molecule has 2 fully saturated rings. The fourth-order valence-corrected chi connectivity index (χ4v) is 5.60. The molecule has 2 heterocycles. The van der Waals surface area contributed by atoms with E-state index in [0.717, 1.165) is 61.7 Å². The van der Waals surface area contributed by atoms with Crippen LogP contribution in [0, 0.1) is 5.92 Å². The maximum atomic E-state index is 13.7. The summed E-state index contributed by atoms with van der Waals surface area (Å²) in [5, 5.41) is 15.8. The van der Waals surface area contributed by atoms with Gasteiger partial charge in [0.15, 0.2) is 0 Å². The van der Waals surface area contributed by atoms with E-state index >= 15 is 0 Å². The van der Waals surface area contributed by atoms with Crippen LogP contribution in [0.2, 0.25) is 0 Å². The van der Waals surface area contributed by atoms with Crippen LogP contribution < -0.4 is 10.6 Å². The van der Waals surface area contributed by atoms with Crippen molar-refractivity contribution in [2.75, 3.05) is 54.9 Å². The van der Waals surface area contributed by atoms with E-state index in [2.05, 4.69) is 50.8 Å². The lowest BCUT2D eigenvalue weighted by Gasteiger charge is -2.38. The number of fused-ring (bicyclic) bond motifs is 1. The maximum Gasteiger partial charge on any atom is 0.246 e. The number of quaternary nitrogens is 1. The van der Waals surface area contributed by atoms with Crippen LogP contribution >= 0.6 is 0 Å². The molecule has 0 spiro atoms. The molecule has 3 rings (SSSR count). The third-order valence-electron chi connectivity index (χ3n) is 7.64. The van der Waals surface area contributed by atoms with Gasteiger partial charge in [-0.1, -0.05) is 25.0 Å². The minimum atomic E-state index is -0.662. The first-order chi connectivity index (χ1) is 18.0. The Morgan fingerprint density at radius 1 is 1.05 bits per heavy atom. The number of phenolic OH excluding ortho intramolecular Hbond substituents is 1. The first kappa shape index (κ1) is 29.9. The predicted molar refractivity (Wildman–Crippen MR) is 148 cm³/mol. The third kappa shape index (κ3) is 8.17. The fourth-order valence-electron chi connectivity index (χ4n) is 5.60. The van der Waals surface area contributed by atoms with Crippen molar-refractivity contribution in [3.8, 4) is 5.75 Å². The molecule has 4 atom stereocenters. The van der Waals surface area contributed by atoms with Gasteiger partial charge in [-0.25, -0.2) is 0 Å². The van der Waals surface area contributed by atoms with E-state index in [9.17, 15) is 19.5 Å². The lowest BCUT2D eigenvalue weighted by Crippen LogP contribution is -2.61. The van der Waals surface area contributed by atoms with Crippen LogP contribution in [0.3, 0.4) is 0 Å². The number of piperazine rings is 1. The Labute approximate surface area is 228 Å². The SMILES string of the molecule is CN(C)CCCCCCNC(=O)[C@@H]1C[C@@H]2C(=O)N[C@@H](CCCC[N+](C)(C)C)C(=O)N2[C@@H]1c1ccc(O)cc1. The van der Waals surface area contributed by atoms with Crippen LogP contribution in [0.15, 0.2) is 24.3 Å². The smallest absolute Gasteiger partial charge is 0.246 e. The molecular formula is C29H48N5O4+. The van der Waals surface area contributed by atoms with Gasteiger partial charge in [-0.05, 0) is 76.9 Å². The maximum absolute atomic E-state index is 13.7. The first-order valence-electron chi connectivity index (χ1n) is 14.1. The lowest BCUT2D eigenvalue weighted by molar-refractivity contribution is -0.870. The second kappa shape index (κ2) is 13.4. The highest BCUT2D eigenvalue weighted by Crippen LogP contribution is 2.43. The Morgan fingerprint density at radius 3 is 2.39 bits per heavy atom. The Hall–Kier alpha value is -2.65. The second-order valence-electron chi connectivity index (χ2n) is 12.2. The van der Waals surface area contributed by atoms with Crippen LogP contribution in [0.4, 0.5) is 0 Å². The number of aromatic hydroxyl groups is 1. The molecule has 0 aromatic heterocycles. The number of amides is 3. The van der Waals surface area contributed by atoms with Crippen LogP contribution in [0.1, 0.15) is 63.0 Å². The molecule has 0 radical (unpaired) electrons. The van der Waals surface area contributed by atoms with E-state index in [-0.39, 0.29) is 23.5 Å². The highest BCUT2D eigenvalue weighted by Gasteiger charge is 2.54. The average Bonchev–Trinajstić information content (AvgIpc) is 3.25. The molecule has 212 valence electrons. The summed E-state index contributed by atoms with van der Waals surface area (Å²) < 4.78 is 0.856. The Morgan fingerprint density at radius 2 is 1.74 bits per heavy atom. The average molecular weight is 531 g/mol. The van der Waals surface area contributed by atoms with Crippen molar-refractivity contribution in [1.29, 1.82) is 0 Å². The molecule has 0 aliphatic carbocycles. The van der Waals surface area contributed by atoms with Crippen LogP contribution in [0.5, 0.6) is 5.75 Å². The number of phenols is 1. The number of rotatable bonds is 14. The summed E-state index contributed by atoms with van der Waals surface area (Å²) in [6.45, 7) is 2.64. The van der Waals surface area contributed by atoms with E-state index in [1.54, 1.807) is 29.2 Å². The molecule has 2 saturated heterocycles. The van der Waals surface area contributed by atoms with Crippen molar-refractivity contribution in [1.82, 2.24) is 20.4 Å². The number of carbonyl (C=O) groups is 3. The summed E-state index contributed by atoms with van der Waals surface area (Å²) in [7, 11) is 10.6. The number of benzene rings is 1. The molecule has 2 aliphatic heterocycles. The van der Waals surface area contributed by atoms with E-state index in [1.807, 2.05) is 0 Å². The van der Waals surface area contributed by atoms with Gasteiger partial charge in [-0.2, -0.15) is 0 Å². The van der Waals surface area contributed by atoms with Crippen molar-refractivity contribution in [3.63, 3.8) is 0 Å². The lowest BCUT2D eigenvalue weighted by atomic mass is 9.92. The number of hydrogen-bond donors (Lipinski definition) is 3. The number of carbonyl (C=O) groups excluding carboxylic acids is 3. The molecule has 0 unspecified atom stereocenters. The monoisotopic (exact) mass is 530 g/mol. The summed E-state index contributed by atoms with van der Waals surface area (Å²) in [5.74, 6) is -0.817. The highest BCUT2D eigenvalue weighted by molar-refractivity contribution is 5.99. The summed E-state index contributed by atoms with van der Waals surface area (Å²) in [4.78, 5) is 44.0. The number of unbranched alkanes of at least 4 members (excludes halogenated alkanes) is 4. The molecule has 9 heteroatoms. The summed E-state index contributed by atoms with van der Waals surface area (Å²) >= 11 is 0. The first-order valence-corrected chi connectivity index (χ1v) is 14.1. The second-order valence-corrected chi connectivity index (χ2v) is 12.2. The quantitative estimate of drug-likeness (QED) is 0.253. The van der Waals surface area contributed by atoms with Crippen molar-refractivity contribution >= 4 is 17.7 Å². The van der Waals surface area contributed by atoms with E-state index in [0.29, 0.717) is 19.4 Å². The number of hydrogen-bond acceptors (Lipinski definition) is 5. The van der Waals surface area contributed by atoms with E-state index in [1.165, 1.54) is 0 Å². The minimum Gasteiger partial charge on any atom is -0.508 e. The normalized spacial score (nSPS) is 23.5. The van der Waals surface area contributed by atoms with Crippen molar-refractivity contribution in [3.05, 3.63) is 29.8 Å². The number of nitrogens with zero attached hydrogens (tertiary/aromatic N) is 3. The van der Waals surface area contributed by atoms with Crippen LogP contribution in [0.25, 0.3) is 0 Å². The largest absolute Gasteiger partial charge is 0.508 e. The van der Waals surface area contributed by atoms with Crippen molar-refractivity contribution in [2.24, 2.45) is 5.92 Å². The Balaban J connectivity index is 1.68. The molecule has 3 N–H and O–H groups in total. The topological polar surface area (TPSA) is 102 Å². The van der Waals surface area contributed by atoms with Crippen LogP contribution in [-0.4, -0.2) is 104 Å². The van der Waals surface area contributed by atoms with Gasteiger partial charge in [0.05, 0.1) is 39.6 Å². The number of nitrogens with one attached hydrogen (secondary N) is 2. The molecule has 0 saturated carbocycles. The standard InChI is InChI=1S/C29H47N5O4/c1-32(2)18-10-7-6-9-17-30-27(36)23-20-25-28(37)31-24(12-8-11-19-34(3,4)5)29(38)33(25)26(23)21-13-15-22(35)16-14-21/h13-16,23-26H,6-12,17-20H2,1-5H3,(H2-,30,31,35,36,37)/p+1/t23-,24+,25-,26-/m1/s1. The molecule has 3 amide bonds. The zero-order chi connectivity index (χ0) is 27.9. The van der Waals surface area contributed by atoms with Crippen molar-refractivity contribution < 1.29 is 24.0 Å². The van der Waals surface area contributed by atoms with Gasteiger partial charge in [-0.3, -0.25) is 14.4 Å². The zero-order valence-corrected chi connectivity index (χ0v) is 23.9. The van der Waals surface area contributed by atoms with E-state index in [4.69, 9.17) is 0 Å². The van der Waals surface area contributed by atoms with Gasteiger partial charge in [0, 0.05) is 6.54 Å². The fraction of sp³-hybridized carbons (Fsp3) is 0.690. The van der Waals surface area contributed by atoms with Crippen LogP contribution in [-0.2, 0) is 14.4 Å². The van der Waals surface area contributed by atoms with Gasteiger partial charge < -0.3 is 30.0 Å². The van der Waals surface area contributed by atoms with E-state index < -0.39 is 24.0 Å². The molecule has 1 aromatic carbocycles. The Kier molecular flexibility index (Phi) is 10.6. The molecule has 2 aliphatic rings. The van der Waals surface area contributed by atoms with Crippen molar-refractivity contribution in [2.45, 2.75) is 69.5 Å². The molecule has 0 bridgehead atoms. The van der Waals surface area contributed by atoms with Gasteiger partial charge in [0.2, 0.25) is 17.7 Å². The zero-order valence-electron chi connectivity index (χ0n) is 23.9. The van der Waals surface area contributed by atoms with Gasteiger partial charge in [0.25, 0.3) is 0 Å². The van der Waals surface area contributed by atoms with Gasteiger partial charge in [0.1, 0.15) is 17.8 Å². The highest BCUT2D eigenvalue weighted by atomic mass is 16.3. The summed E-state index contributed by atoms with van der Waals surface area (Å²) in [5.41, 5.74) is 0.765. The predicted octanol–water partition coefficient (Wildman–Crippen LogP) is 2.26. The molecule has 38 heavy (non-hydrogen) atoms.